The van der Waals surface area contributed by atoms with Crippen LogP contribution in [0.4, 0.5) is 4.39 Å². The van der Waals surface area contributed by atoms with E-state index in [1.54, 1.807) is 17.8 Å². The highest BCUT2D eigenvalue weighted by Gasteiger charge is 1.98. The van der Waals surface area contributed by atoms with E-state index in [0.717, 1.165) is 12.0 Å². The standard InChI is InChI=1S/C18H18O2S.CH3F/c1-20-18(19)12-9-14-3-5-15(6-4-14)13-16-7-10-17(21-2)11-8-16;1-2/h3-12H,13H2,1-2H3;1H3/b12-9+;. The fourth-order valence-electron chi connectivity index (χ4n) is 1.96. The molecule has 0 aliphatic carbocycles. The number of thioether (sulfide) groups is 1. The van der Waals surface area contributed by atoms with Crippen LogP contribution in [0, 0.1) is 0 Å². The summed E-state index contributed by atoms with van der Waals surface area (Å²) in [5, 5.41) is 0. The van der Waals surface area contributed by atoms with Crippen LogP contribution in [0.1, 0.15) is 16.7 Å². The smallest absolute Gasteiger partial charge is 0.330 e. The lowest BCUT2D eigenvalue weighted by atomic mass is 10.0. The van der Waals surface area contributed by atoms with Crippen LogP contribution >= 0.6 is 11.8 Å². The Morgan fingerprint density at radius 1 is 1.04 bits per heavy atom. The van der Waals surface area contributed by atoms with Crippen LogP contribution in [0.15, 0.2) is 59.5 Å². The number of hydrogen-bond acceptors (Lipinski definition) is 3. The summed E-state index contributed by atoms with van der Waals surface area (Å²) in [4.78, 5) is 12.3. The second-order valence-electron chi connectivity index (χ2n) is 4.62. The molecule has 0 unspecified atom stereocenters. The normalized spacial score (nSPS) is 10.1. The maximum absolute atomic E-state index is 11.0. The van der Waals surface area contributed by atoms with Crippen LogP contribution in [0.3, 0.4) is 0 Å². The first kappa shape index (κ1) is 19.0. The largest absolute Gasteiger partial charge is 0.466 e. The van der Waals surface area contributed by atoms with Gasteiger partial charge in [-0.25, -0.2) is 4.79 Å². The molecule has 4 heteroatoms. The van der Waals surface area contributed by atoms with Crippen LogP contribution in [0.5, 0.6) is 0 Å². The van der Waals surface area contributed by atoms with E-state index in [2.05, 4.69) is 47.4 Å². The second-order valence-corrected chi connectivity index (χ2v) is 5.50. The Balaban J connectivity index is 0.00000127. The molecule has 2 aromatic carbocycles. The third kappa shape index (κ3) is 6.70. The average molecular weight is 332 g/mol. The van der Waals surface area contributed by atoms with Crippen molar-refractivity contribution in [1.29, 1.82) is 0 Å². The molecular formula is C19H21FO2S. The van der Waals surface area contributed by atoms with E-state index in [9.17, 15) is 9.18 Å². The molecule has 122 valence electrons. The van der Waals surface area contributed by atoms with Gasteiger partial charge in [-0.05, 0) is 47.6 Å². The van der Waals surface area contributed by atoms with Crippen molar-refractivity contribution in [1.82, 2.24) is 0 Å². The Morgan fingerprint density at radius 3 is 2.04 bits per heavy atom. The molecule has 0 aromatic heterocycles. The number of ether oxygens (including phenoxy) is 1. The molecule has 0 saturated carbocycles. The van der Waals surface area contributed by atoms with E-state index in [4.69, 9.17) is 0 Å². The summed E-state index contributed by atoms with van der Waals surface area (Å²) < 4.78 is 14.1. The minimum Gasteiger partial charge on any atom is -0.466 e. The van der Waals surface area contributed by atoms with Crippen molar-refractivity contribution in [3.63, 3.8) is 0 Å². The monoisotopic (exact) mass is 332 g/mol. The first-order valence-corrected chi connectivity index (χ1v) is 8.29. The molecule has 0 saturated heterocycles. The predicted octanol–water partition coefficient (Wildman–Crippen LogP) is 4.77. The van der Waals surface area contributed by atoms with Gasteiger partial charge in [0.05, 0.1) is 14.3 Å². The zero-order valence-corrected chi connectivity index (χ0v) is 14.4. The Kier molecular flexibility index (Phi) is 8.76. The maximum atomic E-state index is 11.0. The van der Waals surface area contributed by atoms with Gasteiger partial charge in [-0.15, -0.1) is 11.8 Å². The highest BCUT2D eigenvalue weighted by atomic mass is 32.2. The molecule has 0 spiro atoms. The molecular weight excluding hydrogens is 311 g/mol. The highest BCUT2D eigenvalue weighted by Crippen LogP contribution is 2.17. The quantitative estimate of drug-likeness (QED) is 0.448. The third-order valence-corrected chi connectivity index (χ3v) is 3.90. The van der Waals surface area contributed by atoms with Gasteiger partial charge in [-0.2, -0.15) is 0 Å². The minimum absolute atomic E-state index is 0.340. The lowest BCUT2D eigenvalue weighted by molar-refractivity contribution is -0.134. The summed E-state index contributed by atoms with van der Waals surface area (Å²) >= 11 is 1.75. The summed E-state index contributed by atoms with van der Waals surface area (Å²) in [6.07, 6.45) is 6.17. The summed E-state index contributed by atoms with van der Waals surface area (Å²) in [6.45, 7) is 0. The van der Waals surface area contributed by atoms with Gasteiger partial charge in [-0.1, -0.05) is 36.4 Å². The molecule has 0 radical (unpaired) electrons. The molecule has 23 heavy (non-hydrogen) atoms. The lowest BCUT2D eigenvalue weighted by Crippen LogP contribution is -1.93. The molecule has 0 atom stereocenters. The third-order valence-electron chi connectivity index (χ3n) is 3.16. The van der Waals surface area contributed by atoms with E-state index in [0.29, 0.717) is 7.18 Å². The number of halogens is 1. The fourth-order valence-corrected chi connectivity index (χ4v) is 2.37. The molecule has 0 aliphatic heterocycles. The summed E-state index contributed by atoms with van der Waals surface area (Å²) in [5.41, 5.74) is 3.54. The van der Waals surface area contributed by atoms with Gasteiger partial charge >= 0.3 is 5.97 Å². The Morgan fingerprint density at radius 2 is 1.57 bits per heavy atom. The first-order valence-electron chi connectivity index (χ1n) is 7.07. The van der Waals surface area contributed by atoms with E-state index >= 15 is 0 Å². The second kappa shape index (κ2) is 10.6. The number of benzene rings is 2. The molecule has 2 aromatic rings. The maximum Gasteiger partial charge on any atom is 0.330 e. The summed E-state index contributed by atoms with van der Waals surface area (Å²) in [5.74, 6) is -0.340. The van der Waals surface area contributed by atoms with E-state index in [1.807, 2.05) is 12.1 Å². The van der Waals surface area contributed by atoms with Crippen molar-refractivity contribution >= 4 is 23.8 Å². The minimum atomic E-state index is -0.340. The fraction of sp³-hybridized carbons (Fsp3) is 0.211. The molecule has 0 fully saturated rings. The SMILES string of the molecule is CF.COC(=O)/C=C/c1ccc(Cc2ccc(SC)cc2)cc1. The number of carbonyl (C=O) groups is 1. The van der Waals surface area contributed by atoms with Crippen LogP contribution < -0.4 is 0 Å². The van der Waals surface area contributed by atoms with Crippen LogP contribution in [0.2, 0.25) is 0 Å². The van der Waals surface area contributed by atoms with Gasteiger partial charge in [0.15, 0.2) is 0 Å². The molecule has 0 N–H and O–H groups in total. The number of methoxy groups -OCH3 is 1. The predicted molar refractivity (Wildman–Crippen MR) is 95.6 cm³/mol. The van der Waals surface area contributed by atoms with Gasteiger partial charge in [0.1, 0.15) is 0 Å². The number of esters is 1. The Hall–Kier alpha value is -2.07. The summed E-state index contributed by atoms with van der Waals surface area (Å²) in [7, 11) is 1.87. The van der Waals surface area contributed by atoms with Crippen molar-refractivity contribution in [2.75, 3.05) is 20.5 Å². The van der Waals surface area contributed by atoms with Gasteiger partial charge in [0.25, 0.3) is 0 Å². The van der Waals surface area contributed by atoms with Gasteiger partial charge in [-0.3, -0.25) is 4.39 Å². The first-order chi connectivity index (χ1) is 11.2. The number of carbonyl (C=O) groups excluding carboxylic acids is 1. The average Bonchev–Trinajstić information content (AvgIpc) is 2.63. The number of hydrogen-bond donors (Lipinski definition) is 0. The molecule has 2 nitrogen and oxygen atoms in total. The molecule has 0 aliphatic rings. The van der Waals surface area contributed by atoms with Crippen molar-refractivity contribution in [2.24, 2.45) is 0 Å². The van der Waals surface area contributed by atoms with E-state index in [1.165, 1.54) is 29.2 Å². The van der Waals surface area contributed by atoms with Crippen molar-refractivity contribution in [3.8, 4) is 0 Å². The van der Waals surface area contributed by atoms with Crippen LogP contribution in [-0.2, 0) is 16.0 Å². The topological polar surface area (TPSA) is 26.3 Å². The molecule has 0 heterocycles. The van der Waals surface area contributed by atoms with E-state index < -0.39 is 0 Å². The number of alkyl halides is 1. The Labute approximate surface area is 141 Å². The molecule has 2 rings (SSSR count). The van der Waals surface area contributed by atoms with Gasteiger partial charge in [0.2, 0.25) is 0 Å². The van der Waals surface area contributed by atoms with Gasteiger partial charge < -0.3 is 4.74 Å². The van der Waals surface area contributed by atoms with Crippen LogP contribution in [-0.4, -0.2) is 26.5 Å². The van der Waals surface area contributed by atoms with Crippen molar-refractivity contribution in [3.05, 3.63) is 71.3 Å². The lowest BCUT2D eigenvalue weighted by Gasteiger charge is -2.04. The molecule has 0 amide bonds. The van der Waals surface area contributed by atoms with Crippen LogP contribution in [0.25, 0.3) is 6.08 Å². The van der Waals surface area contributed by atoms with Gasteiger partial charge in [0, 0.05) is 11.0 Å². The Bertz CT molecular complexity index is 619. The van der Waals surface area contributed by atoms with Crippen molar-refractivity contribution in [2.45, 2.75) is 11.3 Å². The van der Waals surface area contributed by atoms with E-state index in [-0.39, 0.29) is 5.97 Å². The highest BCUT2D eigenvalue weighted by molar-refractivity contribution is 7.98. The zero-order chi connectivity index (χ0) is 17.1. The molecule has 0 bridgehead atoms. The zero-order valence-electron chi connectivity index (χ0n) is 13.6. The number of rotatable bonds is 5. The summed E-state index contributed by atoms with van der Waals surface area (Å²) in [6, 6.07) is 16.8. The van der Waals surface area contributed by atoms with Crippen molar-refractivity contribution < 1.29 is 13.9 Å².